The monoisotopic (exact) mass is 265 g/mol. The summed E-state index contributed by atoms with van der Waals surface area (Å²) in [5.41, 5.74) is 6.42. The van der Waals surface area contributed by atoms with Crippen molar-refractivity contribution in [3.05, 3.63) is 41.4 Å². The van der Waals surface area contributed by atoms with Crippen LogP contribution < -0.4 is 5.73 Å². The molecule has 0 aliphatic heterocycles. The van der Waals surface area contributed by atoms with Gasteiger partial charge in [0, 0.05) is 12.0 Å². The lowest BCUT2D eigenvalue weighted by Gasteiger charge is -2.03. The number of imidazole rings is 1. The lowest BCUT2D eigenvalue weighted by molar-refractivity contribution is 0.595. The third kappa shape index (κ3) is 3.17. The van der Waals surface area contributed by atoms with Gasteiger partial charge in [0.25, 0.3) is 0 Å². The molecule has 0 aliphatic carbocycles. The molecule has 1 heterocycles. The normalized spacial score (nSPS) is 10.9. The summed E-state index contributed by atoms with van der Waals surface area (Å²) in [5, 5.41) is 0. The van der Waals surface area contributed by atoms with Crippen LogP contribution in [0.1, 0.15) is 24.2 Å². The molecule has 19 heavy (non-hydrogen) atoms. The number of halogens is 2. The minimum atomic E-state index is -0.448. The number of nitrogens with zero attached hydrogens (tertiary/aromatic N) is 1. The average molecular weight is 265 g/mol. The van der Waals surface area contributed by atoms with Crippen molar-refractivity contribution in [2.24, 2.45) is 5.73 Å². The molecule has 0 unspecified atom stereocenters. The molecular formula is C14H17F2N3. The number of hydrogen-bond acceptors (Lipinski definition) is 2. The molecule has 1 aromatic heterocycles. The quantitative estimate of drug-likeness (QED) is 0.817. The maximum atomic E-state index is 13.8. The van der Waals surface area contributed by atoms with E-state index in [1.807, 2.05) is 0 Å². The molecule has 102 valence electrons. The van der Waals surface area contributed by atoms with Crippen molar-refractivity contribution in [3.8, 4) is 11.3 Å². The first-order chi connectivity index (χ1) is 9.11. The fourth-order valence-electron chi connectivity index (χ4n) is 1.92. The molecule has 0 bridgehead atoms. The largest absolute Gasteiger partial charge is 0.342 e. The van der Waals surface area contributed by atoms with E-state index in [0.29, 0.717) is 17.8 Å². The second-order valence-corrected chi connectivity index (χ2v) is 4.57. The molecule has 3 nitrogen and oxygen atoms in total. The number of aromatic amines is 1. The number of aryl methyl sites for hydroxylation is 2. The van der Waals surface area contributed by atoms with E-state index in [2.05, 4.69) is 9.97 Å². The molecule has 3 N–H and O–H groups in total. The topological polar surface area (TPSA) is 54.7 Å². The minimum absolute atomic E-state index is 0.209. The van der Waals surface area contributed by atoms with Crippen LogP contribution >= 0.6 is 0 Å². The fourth-order valence-corrected chi connectivity index (χ4v) is 1.92. The molecule has 0 saturated heterocycles. The van der Waals surface area contributed by atoms with Crippen molar-refractivity contribution in [3.63, 3.8) is 0 Å². The van der Waals surface area contributed by atoms with Crippen molar-refractivity contribution < 1.29 is 8.78 Å². The lowest BCUT2D eigenvalue weighted by atomic mass is 10.1. The number of rotatable bonds is 5. The van der Waals surface area contributed by atoms with Gasteiger partial charge >= 0.3 is 0 Å². The lowest BCUT2D eigenvalue weighted by Crippen LogP contribution is -1.99. The number of hydrogen-bond donors (Lipinski definition) is 2. The maximum Gasteiger partial charge on any atom is 0.133 e. The van der Waals surface area contributed by atoms with E-state index >= 15 is 0 Å². The zero-order chi connectivity index (χ0) is 13.8. The van der Waals surface area contributed by atoms with Crippen LogP contribution in [0.5, 0.6) is 0 Å². The zero-order valence-electron chi connectivity index (χ0n) is 10.8. The molecule has 0 saturated carbocycles. The van der Waals surface area contributed by atoms with Gasteiger partial charge in [-0.1, -0.05) is 0 Å². The van der Waals surface area contributed by atoms with E-state index in [-0.39, 0.29) is 5.56 Å². The highest BCUT2D eigenvalue weighted by Gasteiger charge is 2.11. The van der Waals surface area contributed by atoms with Gasteiger partial charge in [-0.3, -0.25) is 0 Å². The molecule has 0 amide bonds. The molecule has 0 fully saturated rings. The molecule has 1 aromatic carbocycles. The van der Waals surface area contributed by atoms with Gasteiger partial charge in [0.15, 0.2) is 0 Å². The summed E-state index contributed by atoms with van der Waals surface area (Å²) in [6.07, 6.45) is 4.13. The second-order valence-electron chi connectivity index (χ2n) is 4.57. The van der Waals surface area contributed by atoms with Crippen LogP contribution in [0.2, 0.25) is 0 Å². The Labute approximate surface area is 110 Å². The fraction of sp³-hybridized carbons (Fsp3) is 0.357. The molecule has 0 spiro atoms. The van der Waals surface area contributed by atoms with Gasteiger partial charge in [0.1, 0.15) is 17.5 Å². The third-order valence-corrected chi connectivity index (χ3v) is 3.03. The van der Waals surface area contributed by atoms with Crippen LogP contribution in [0.3, 0.4) is 0 Å². The van der Waals surface area contributed by atoms with Crippen molar-refractivity contribution >= 4 is 0 Å². The Morgan fingerprint density at radius 1 is 1.21 bits per heavy atom. The van der Waals surface area contributed by atoms with Gasteiger partial charge in [-0.05, 0) is 44.0 Å². The van der Waals surface area contributed by atoms with Gasteiger partial charge in [-0.2, -0.15) is 0 Å². The molecule has 5 heteroatoms. The van der Waals surface area contributed by atoms with Crippen LogP contribution in [0.15, 0.2) is 18.3 Å². The average Bonchev–Trinajstić information content (AvgIpc) is 2.83. The molecular weight excluding hydrogens is 248 g/mol. The predicted octanol–water partition coefficient (Wildman–Crippen LogP) is 2.94. The highest BCUT2D eigenvalue weighted by Crippen LogP contribution is 2.24. The van der Waals surface area contributed by atoms with Crippen LogP contribution in [0.25, 0.3) is 11.3 Å². The Kier molecular flexibility index (Phi) is 4.27. The Morgan fingerprint density at radius 3 is 2.74 bits per heavy atom. The summed E-state index contributed by atoms with van der Waals surface area (Å²) in [7, 11) is 0. The third-order valence-electron chi connectivity index (χ3n) is 3.03. The second kappa shape index (κ2) is 5.93. The first-order valence-electron chi connectivity index (χ1n) is 6.31. The summed E-state index contributed by atoms with van der Waals surface area (Å²) in [6.45, 7) is 2.18. The van der Waals surface area contributed by atoms with E-state index < -0.39 is 11.6 Å². The van der Waals surface area contributed by atoms with Gasteiger partial charge in [0.05, 0.1) is 11.9 Å². The Morgan fingerprint density at radius 2 is 2.00 bits per heavy atom. The Hall–Kier alpha value is -1.75. The molecule has 2 aromatic rings. The number of unbranched alkanes of at least 4 members (excludes halogenated alkanes) is 1. The first-order valence-corrected chi connectivity index (χ1v) is 6.31. The van der Waals surface area contributed by atoms with Crippen LogP contribution in [-0.2, 0) is 6.42 Å². The summed E-state index contributed by atoms with van der Waals surface area (Å²) >= 11 is 0. The van der Waals surface area contributed by atoms with Crippen LogP contribution in [-0.4, -0.2) is 16.5 Å². The Balaban J connectivity index is 2.20. The smallest absolute Gasteiger partial charge is 0.133 e. The predicted molar refractivity (Wildman–Crippen MR) is 70.7 cm³/mol. The van der Waals surface area contributed by atoms with Crippen LogP contribution in [0.4, 0.5) is 8.78 Å². The van der Waals surface area contributed by atoms with Crippen molar-refractivity contribution in [2.75, 3.05) is 6.54 Å². The van der Waals surface area contributed by atoms with E-state index in [0.717, 1.165) is 25.1 Å². The molecule has 0 aliphatic rings. The van der Waals surface area contributed by atoms with E-state index in [4.69, 9.17) is 5.73 Å². The maximum absolute atomic E-state index is 13.8. The first kappa shape index (κ1) is 13.7. The highest BCUT2D eigenvalue weighted by molar-refractivity contribution is 5.60. The zero-order valence-corrected chi connectivity index (χ0v) is 10.8. The van der Waals surface area contributed by atoms with Gasteiger partial charge in [-0.15, -0.1) is 0 Å². The summed E-state index contributed by atoms with van der Waals surface area (Å²) < 4.78 is 27.3. The van der Waals surface area contributed by atoms with Gasteiger partial charge in [0.2, 0.25) is 0 Å². The van der Waals surface area contributed by atoms with E-state index in [9.17, 15) is 8.78 Å². The Bertz CT molecular complexity index is 564. The summed E-state index contributed by atoms with van der Waals surface area (Å²) in [6, 6.07) is 2.39. The minimum Gasteiger partial charge on any atom is -0.342 e. The number of nitrogens with two attached hydrogens (primary N) is 1. The van der Waals surface area contributed by atoms with Crippen molar-refractivity contribution in [1.29, 1.82) is 0 Å². The summed E-state index contributed by atoms with van der Waals surface area (Å²) in [5.74, 6) is -0.101. The highest BCUT2D eigenvalue weighted by atomic mass is 19.1. The van der Waals surface area contributed by atoms with Crippen molar-refractivity contribution in [1.82, 2.24) is 9.97 Å². The molecule has 0 radical (unpaired) electrons. The number of benzene rings is 1. The van der Waals surface area contributed by atoms with Gasteiger partial charge < -0.3 is 10.7 Å². The SMILES string of the molecule is Cc1cc(F)c(-c2cnc(CCCCN)[nH]2)cc1F. The molecule has 0 atom stereocenters. The standard InChI is InChI=1S/C14H17F2N3/c1-9-6-12(16)10(7-11(9)15)13-8-18-14(19-13)4-2-3-5-17/h6-8H,2-5,17H2,1H3,(H,18,19). The molecule has 2 rings (SSSR count). The number of aromatic nitrogens is 2. The number of nitrogens with one attached hydrogen (secondary N) is 1. The van der Waals surface area contributed by atoms with Crippen molar-refractivity contribution in [2.45, 2.75) is 26.2 Å². The summed E-state index contributed by atoms with van der Waals surface area (Å²) in [4.78, 5) is 7.19. The van der Waals surface area contributed by atoms with Crippen LogP contribution in [0, 0.1) is 18.6 Å². The number of H-pyrrole nitrogens is 1. The van der Waals surface area contributed by atoms with E-state index in [1.54, 1.807) is 0 Å². The van der Waals surface area contributed by atoms with E-state index in [1.165, 1.54) is 25.3 Å². The van der Waals surface area contributed by atoms with Gasteiger partial charge in [-0.25, -0.2) is 13.8 Å².